The highest BCUT2D eigenvalue weighted by molar-refractivity contribution is 5.90. The lowest BCUT2D eigenvalue weighted by Crippen LogP contribution is -2.29. The largest absolute Gasteiger partial charge is 0.356 e. The first-order chi connectivity index (χ1) is 8.01. The van der Waals surface area contributed by atoms with Gasteiger partial charge in [-0.1, -0.05) is 20.3 Å². The van der Waals surface area contributed by atoms with Crippen molar-refractivity contribution in [2.75, 3.05) is 13.1 Å². The number of hydrogen-bond donors (Lipinski definition) is 2. The highest BCUT2D eigenvalue weighted by Gasteiger charge is 2.26. The second-order valence-corrected chi connectivity index (χ2v) is 4.14. The van der Waals surface area contributed by atoms with Gasteiger partial charge in [-0.2, -0.15) is 0 Å². The fraction of sp³-hybridized carbons (Fsp3) is 0.750. The number of nitrogens with one attached hydrogen (secondary N) is 2. The fourth-order valence-corrected chi connectivity index (χ4v) is 1.41. The zero-order valence-corrected chi connectivity index (χ0v) is 10.8. The molecule has 1 aliphatic heterocycles. The van der Waals surface area contributed by atoms with Crippen LogP contribution < -0.4 is 10.6 Å². The monoisotopic (exact) mass is 242 g/mol. The maximum atomic E-state index is 11.3. The van der Waals surface area contributed by atoms with Crippen molar-refractivity contribution in [1.29, 1.82) is 0 Å². The number of carbonyl (C=O) groups is 3. The van der Waals surface area contributed by atoms with Crippen LogP contribution in [0.15, 0.2) is 0 Å². The van der Waals surface area contributed by atoms with Crippen LogP contribution in [-0.2, 0) is 14.4 Å². The Morgan fingerprint density at radius 1 is 1.41 bits per heavy atom. The van der Waals surface area contributed by atoms with E-state index in [1.807, 2.05) is 0 Å². The maximum Gasteiger partial charge on any atom is 0.223 e. The predicted octanol–water partition coefficient (Wildman–Crippen LogP) is 0.634. The Morgan fingerprint density at radius 2 is 2.00 bits per heavy atom. The molecule has 0 bridgehead atoms. The van der Waals surface area contributed by atoms with E-state index in [0.29, 0.717) is 13.0 Å². The van der Waals surface area contributed by atoms with Crippen molar-refractivity contribution < 1.29 is 14.4 Å². The molecule has 1 fully saturated rings. The van der Waals surface area contributed by atoms with Crippen LogP contribution >= 0.6 is 0 Å². The average Bonchev–Trinajstić information content (AvgIpc) is 2.63. The van der Waals surface area contributed by atoms with E-state index in [-0.39, 0.29) is 36.5 Å². The molecule has 1 rings (SSSR count). The Morgan fingerprint density at radius 3 is 2.41 bits per heavy atom. The van der Waals surface area contributed by atoms with Crippen LogP contribution in [0.25, 0.3) is 0 Å². The summed E-state index contributed by atoms with van der Waals surface area (Å²) in [5.41, 5.74) is 0. The number of hydrogen-bond acceptors (Lipinski definition) is 3. The van der Waals surface area contributed by atoms with Gasteiger partial charge < -0.3 is 10.6 Å². The van der Waals surface area contributed by atoms with Crippen LogP contribution in [-0.4, -0.2) is 30.7 Å². The number of Topliss-reactive ketones (excluding diaryl/α,β-unsaturated/α-hetero) is 1. The van der Waals surface area contributed by atoms with Gasteiger partial charge in [0, 0.05) is 25.8 Å². The first kappa shape index (κ1) is 15.6. The molecule has 1 aliphatic rings. The Hall–Kier alpha value is -1.39. The van der Waals surface area contributed by atoms with Crippen LogP contribution in [0.1, 0.15) is 40.0 Å². The van der Waals surface area contributed by atoms with Gasteiger partial charge in [0.1, 0.15) is 0 Å². The molecule has 1 atom stereocenters. The number of rotatable bonds is 4. The fourth-order valence-electron chi connectivity index (χ4n) is 1.41. The summed E-state index contributed by atoms with van der Waals surface area (Å²) in [5, 5.41) is 5.08. The van der Waals surface area contributed by atoms with Crippen molar-refractivity contribution in [2.45, 2.75) is 40.0 Å². The number of ketones is 1. The van der Waals surface area contributed by atoms with Crippen LogP contribution in [0.3, 0.4) is 0 Å². The smallest absolute Gasteiger partial charge is 0.223 e. The lowest BCUT2D eigenvalue weighted by atomic mass is 10.0. The summed E-state index contributed by atoms with van der Waals surface area (Å²) in [7, 11) is 0. The van der Waals surface area contributed by atoms with Crippen molar-refractivity contribution in [1.82, 2.24) is 10.6 Å². The minimum Gasteiger partial charge on any atom is -0.356 e. The number of carbonyl (C=O) groups excluding carboxylic acids is 3. The lowest BCUT2D eigenvalue weighted by molar-refractivity contribution is -0.127. The molecule has 2 amide bonds. The van der Waals surface area contributed by atoms with Gasteiger partial charge in [0.05, 0.1) is 6.54 Å². The summed E-state index contributed by atoms with van der Waals surface area (Å²) in [4.78, 5) is 32.9. The normalized spacial score (nSPS) is 17.8. The molecule has 0 aromatic carbocycles. The van der Waals surface area contributed by atoms with Gasteiger partial charge in [-0.15, -0.1) is 0 Å². The summed E-state index contributed by atoms with van der Waals surface area (Å²) in [6.45, 7) is 6.28. The molecule has 98 valence electrons. The van der Waals surface area contributed by atoms with Gasteiger partial charge in [0.25, 0.3) is 0 Å². The van der Waals surface area contributed by atoms with E-state index in [2.05, 4.69) is 24.5 Å². The van der Waals surface area contributed by atoms with Crippen LogP contribution in [0.2, 0.25) is 0 Å². The van der Waals surface area contributed by atoms with Gasteiger partial charge in [0.2, 0.25) is 11.8 Å². The first-order valence-electron chi connectivity index (χ1n) is 6.05. The standard InChI is InChI=1S/C9H14N2O3.C3H8/c1-6(12)11-5-8(13)4-7-2-3-10-9(7)14;1-3-2/h7H,2-5H2,1H3,(H,10,14)(H,11,12);3H2,1-2H3/t7-;/m1./s1. The topological polar surface area (TPSA) is 75.3 Å². The molecule has 2 N–H and O–H groups in total. The van der Waals surface area contributed by atoms with Gasteiger partial charge in [-0.25, -0.2) is 0 Å². The molecule has 0 spiro atoms. The predicted molar refractivity (Wildman–Crippen MR) is 65.4 cm³/mol. The molecule has 0 aliphatic carbocycles. The molecule has 5 heteroatoms. The third-order valence-electron chi connectivity index (χ3n) is 2.17. The van der Waals surface area contributed by atoms with Crippen molar-refractivity contribution in [3.8, 4) is 0 Å². The SMILES string of the molecule is CC(=O)NCC(=O)C[C@H]1CCNC1=O.CCC. The lowest BCUT2D eigenvalue weighted by Gasteiger charge is -2.05. The van der Waals surface area contributed by atoms with E-state index >= 15 is 0 Å². The highest BCUT2D eigenvalue weighted by atomic mass is 16.2. The minimum atomic E-state index is -0.228. The quantitative estimate of drug-likeness (QED) is 0.759. The van der Waals surface area contributed by atoms with E-state index in [4.69, 9.17) is 0 Å². The van der Waals surface area contributed by atoms with Crippen LogP contribution in [0.5, 0.6) is 0 Å². The van der Waals surface area contributed by atoms with Crippen molar-refractivity contribution in [2.24, 2.45) is 5.92 Å². The molecule has 0 aromatic rings. The maximum absolute atomic E-state index is 11.3. The van der Waals surface area contributed by atoms with Gasteiger partial charge in [-0.3, -0.25) is 14.4 Å². The summed E-state index contributed by atoms with van der Waals surface area (Å²) in [5.74, 6) is -0.575. The van der Waals surface area contributed by atoms with Gasteiger partial charge in [0.15, 0.2) is 5.78 Å². The van der Waals surface area contributed by atoms with E-state index in [9.17, 15) is 14.4 Å². The van der Waals surface area contributed by atoms with Crippen molar-refractivity contribution in [3.63, 3.8) is 0 Å². The average molecular weight is 242 g/mol. The highest BCUT2D eigenvalue weighted by Crippen LogP contribution is 2.13. The zero-order chi connectivity index (χ0) is 13.3. The Balaban J connectivity index is 0.000000770. The third kappa shape index (κ3) is 7.49. The summed E-state index contributed by atoms with van der Waals surface area (Å²) >= 11 is 0. The molecule has 17 heavy (non-hydrogen) atoms. The summed E-state index contributed by atoms with van der Waals surface area (Å²) in [6, 6.07) is 0. The first-order valence-corrected chi connectivity index (χ1v) is 6.05. The molecule has 0 unspecified atom stereocenters. The summed E-state index contributed by atoms with van der Waals surface area (Å²) < 4.78 is 0. The molecule has 1 saturated heterocycles. The van der Waals surface area contributed by atoms with Gasteiger partial charge >= 0.3 is 0 Å². The Bertz CT molecular complexity index is 277. The molecular formula is C12H22N2O3. The molecular weight excluding hydrogens is 220 g/mol. The van der Waals surface area contributed by atoms with Crippen molar-refractivity contribution in [3.05, 3.63) is 0 Å². The minimum absolute atomic E-state index is 0.0269. The molecule has 0 saturated carbocycles. The second-order valence-electron chi connectivity index (χ2n) is 4.14. The van der Waals surface area contributed by atoms with E-state index in [1.165, 1.54) is 13.3 Å². The second kappa shape index (κ2) is 8.73. The summed E-state index contributed by atoms with van der Waals surface area (Å²) in [6.07, 6.45) is 2.19. The van der Waals surface area contributed by atoms with E-state index < -0.39 is 0 Å². The van der Waals surface area contributed by atoms with E-state index in [0.717, 1.165) is 0 Å². The Labute approximate surface area is 102 Å². The van der Waals surface area contributed by atoms with Crippen LogP contribution in [0, 0.1) is 5.92 Å². The van der Waals surface area contributed by atoms with Crippen LogP contribution in [0.4, 0.5) is 0 Å². The molecule has 1 heterocycles. The zero-order valence-electron chi connectivity index (χ0n) is 10.8. The van der Waals surface area contributed by atoms with Gasteiger partial charge in [-0.05, 0) is 6.42 Å². The third-order valence-corrected chi connectivity index (χ3v) is 2.17. The molecule has 0 radical (unpaired) electrons. The Kier molecular flexibility index (Phi) is 8.01. The molecule has 0 aromatic heterocycles. The van der Waals surface area contributed by atoms with E-state index in [1.54, 1.807) is 0 Å². The van der Waals surface area contributed by atoms with Crippen molar-refractivity contribution >= 4 is 17.6 Å². The molecule has 5 nitrogen and oxygen atoms in total. The number of amides is 2.